The first kappa shape index (κ1) is 19.9. The Morgan fingerprint density at radius 3 is 2.53 bits per heavy atom. The van der Waals surface area contributed by atoms with E-state index in [4.69, 9.17) is 16.6 Å². The van der Waals surface area contributed by atoms with Crippen LogP contribution in [-0.2, 0) is 17.8 Å². The van der Waals surface area contributed by atoms with Crippen LogP contribution in [0.5, 0.6) is 0 Å². The highest BCUT2D eigenvalue weighted by atomic mass is 35.5. The molecule has 4 rings (SSSR count). The molecule has 3 aromatic carbocycles. The predicted molar refractivity (Wildman–Crippen MR) is 122 cm³/mol. The molecule has 1 aromatic heterocycles. The lowest BCUT2D eigenvalue weighted by atomic mass is 10.2. The van der Waals surface area contributed by atoms with E-state index in [2.05, 4.69) is 16.0 Å². The first-order chi connectivity index (χ1) is 14.7. The summed E-state index contributed by atoms with van der Waals surface area (Å²) in [7, 11) is 0. The van der Waals surface area contributed by atoms with E-state index in [0.717, 1.165) is 33.0 Å². The fourth-order valence-corrected chi connectivity index (χ4v) is 3.58. The lowest BCUT2D eigenvalue weighted by Crippen LogP contribution is -2.24. The molecule has 5 heteroatoms. The highest BCUT2D eigenvalue weighted by Gasteiger charge is 2.12. The van der Waals surface area contributed by atoms with Crippen LogP contribution >= 0.6 is 11.6 Å². The van der Waals surface area contributed by atoms with Crippen LogP contribution in [0.25, 0.3) is 17.1 Å². The minimum absolute atomic E-state index is 0.118. The predicted octanol–water partition coefficient (Wildman–Crippen LogP) is 5.11. The standard InChI is InChI=1S/C25H22ClN3O/c26-21-11-5-4-10-20(21)18-29-23-13-7-6-12-22(23)28-24(29)16-17-27-25(30)15-14-19-8-2-1-3-9-19/h1-15H,16-18H2,(H,27,30)/b15-14+. The van der Waals surface area contributed by atoms with Crippen LogP contribution in [0.15, 0.2) is 84.9 Å². The second-order valence-corrected chi connectivity index (χ2v) is 7.39. The fraction of sp³-hybridized carbons (Fsp3) is 0.120. The number of hydrogen-bond donors (Lipinski definition) is 1. The Labute approximate surface area is 180 Å². The van der Waals surface area contributed by atoms with Crippen molar-refractivity contribution >= 4 is 34.6 Å². The lowest BCUT2D eigenvalue weighted by molar-refractivity contribution is -0.116. The molecule has 0 saturated heterocycles. The Morgan fingerprint density at radius 2 is 1.70 bits per heavy atom. The van der Waals surface area contributed by atoms with Crippen molar-refractivity contribution in [2.24, 2.45) is 0 Å². The summed E-state index contributed by atoms with van der Waals surface area (Å²) in [5, 5.41) is 3.68. The van der Waals surface area contributed by atoms with Gasteiger partial charge in [-0.25, -0.2) is 4.98 Å². The molecule has 4 aromatic rings. The van der Waals surface area contributed by atoms with E-state index in [0.29, 0.717) is 19.5 Å². The zero-order valence-corrected chi connectivity index (χ0v) is 17.2. The minimum atomic E-state index is -0.118. The van der Waals surface area contributed by atoms with Crippen LogP contribution in [0.4, 0.5) is 0 Å². The first-order valence-corrected chi connectivity index (χ1v) is 10.3. The molecule has 0 fully saturated rings. The highest BCUT2D eigenvalue weighted by Crippen LogP contribution is 2.22. The fourth-order valence-electron chi connectivity index (χ4n) is 3.38. The molecule has 0 aliphatic carbocycles. The van der Waals surface area contributed by atoms with E-state index < -0.39 is 0 Å². The molecular weight excluding hydrogens is 394 g/mol. The summed E-state index contributed by atoms with van der Waals surface area (Å²) < 4.78 is 2.17. The molecule has 0 unspecified atom stereocenters. The Hall–Kier alpha value is -3.37. The number of nitrogens with one attached hydrogen (secondary N) is 1. The van der Waals surface area contributed by atoms with Gasteiger partial charge in [-0.05, 0) is 35.4 Å². The molecule has 0 radical (unpaired) electrons. The van der Waals surface area contributed by atoms with E-state index in [1.54, 1.807) is 6.08 Å². The van der Waals surface area contributed by atoms with Gasteiger partial charge in [0.15, 0.2) is 0 Å². The quantitative estimate of drug-likeness (QED) is 0.426. The molecule has 0 aliphatic rings. The number of amides is 1. The van der Waals surface area contributed by atoms with Crippen molar-refractivity contribution in [2.45, 2.75) is 13.0 Å². The van der Waals surface area contributed by atoms with Crippen LogP contribution in [0.3, 0.4) is 0 Å². The Bertz CT molecular complexity index is 1180. The number of rotatable bonds is 7. The van der Waals surface area contributed by atoms with Gasteiger partial charge < -0.3 is 9.88 Å². The van der Waals surface area contributed by atoms with Crippen molar-refractivity contribution in [3.63, 3.8) is 0 Å². The summed E-state index contributed by atoms with van der Waals surface area (Å²) in [4.78, 5) is 16.9. The SMILES string of the molecule is O=C(/C=C/c1ccccc1)NCCc1nc2ccccc2n1Cc1ccccc1Cl. The number of hydrogen-bond acceptors (Lipinski definition) is 2. The van der Waals surface area contributed by atoms with Crippen LogP contribution in [0, 0.1) is 0 Å². The van der Waals surface area contributed by atoms with E-state index in [1.165, 1.54) is 0 Å². The van der Waals surface area contributed by atoms with Gasteiger partial charge in [-0.2, -0.15) is 0 Å². The number of carbonyl (C=O) groups excluding carboxylic acids is 1. The van der Waals surface area contributed by atoms with Crippen LogP contribution < -0.4 is 5.32 Å². The number of fused-ring (bicyclic) bond motifs is 1. The number of benzene rings is 3. The summed E-state index contributed by atoms with van der Waals surface area (Å²) >= 11 is 6.38. The topological polar surface area (TPSA) is 46.9 Å². The van der Waals surface area contributed by atoms with Gasteiger partial charge in [-0.3, -0.25) is 4.79 Å². The third-order valence-corrected chi connectivity index (χ3v) is 5.26. The molecule has 1 amide bonds. The molecule has 0 atom stereocenters. The summed E-state index contributed by atoms with van der Waals surface area (Å²) in [6.07, 6.45) is 3.99. The van der Waals surface area contributed by atoms with Gasteiger partial charge in [-0.1, -0.05) is 72.3 Å². The number of nitrogens with zero attached hydrogens (tertiary/aromatic N) is 2. The Balaban J connectivity index is 1.47. The average molecular weight is 416 g/mol. The van der Waals surface area contributed by atoms with E-state index >= 15 is 0 Å². The van der Waals surface area contributed by atoms with E-state index in [-0.39, 0.29) is 5.91 Å². The lowest BCUT2D eigenvalue weighted by Gasteiger charge is -2.11. The first-order valence-electron chi connectivity index (χ1n) is 9.89. The van der Waals surface area contributed by atoms with E-state index in [1.807, 2.05) is 78.9 Å². The highest BCUT2D eigenvalue weighted by molar-refractivity contribution is 6.31. The molecule has 4 nitrogen and oxygen atoms in total. The van der Waals surface area contributed by atoms with Gasteiger partial charge in [0.05, 0.1) is 17.6 Å². The number of aromatic nitrogens is 2. The zero-order chi connectivity index (χ0) is 20.8. The summed E-state index contributed by atoms with van der Waals surface area (Å²) in [5.74, 6) is 0.802. The van der Waals surface area contributed by atoms with Gasteiger partial charge in [0, 0.05) is 24.1 Å². The minimum Gasteiger partial charge on any atom is -0.352 e. The van der Waals surface area contributed by atoms with Gasteiger partial charge in [-0.15, -0.1) is 0 Å². The average Bonchev–Trinajstić information content (AvgIpc) is 3.12. The third-order valence-electron chi connectivity index (χ3n) is 4.89. The monoisotopic (exact) mass is 415 g/mol. The number of halogens is 1. The maximum absolute atomic E-state index is 12.2. The molecule has 0 spiro atoms. The summed E-state index contributed by atoms with van der Waals surface area (Å²) in [6.45, 7) is 1.14. The van der Waals surface area contributed by atoms with E-state index in [9.17, 15) is 4.79 Å². The second kappa shape index (κ2) is 9.42. The second-order valence-electron chi connectivity index (χ2n) is 6.98. The van der Waals surface area contributed by atoms with Crippen LogP contribution in [0.2, 0.25) is 5.02 Å². The van der Waals surface area contributed by atoms with Gasteiger partial charge in [0.1, 0.15) is 5.82 Å². The van der Waals surface area contributed by atoms with Crippen molar-refractivity contribution in [1.82, 2.24) is 14.9 Å². The molecule has 0 saturated carbocycles. The Morgan fingerprint density at radius 1 is 0.967 bits per heavy atom. The zero-order valence-electron chi connectivity index (χ0n) is 16.5. The van der Waals surface area contributed by atoms with Gasteiger partial charge in [0.2, 0.25) is 5.91 Å². The Kier molecular flexibility index (Phi) is 6.26. The number of imidazole rings is 1. The summed E-state index contributed by atoms with van der Waals surface area (Å²) in [6, 6.07) is 25.6. The van der Waals surface area contributed by atoms with Crippen molar-refractivity contribution in [3.05, 3.63) is 107 Å². The molecular formula is C25H22ClN3O. The number of para-hydroxylation sites is 2. The maximum atomic E-state index is 12.2. The number of carbonyl (C=O) groups is 1. The maximum Gasteiger partial charge on any atom is 0.244 e. The molecule has 1 N–H and O–H groups in total. The molecule has 30 heavy (non-hydrogen) atoms. The van der Waals surface area contributed by atoms with Crippen LogP contribution in [0.1, 0.15) is 17.0 Å². The largest absolute Gasteiger partial charge is 0.352 e. The van der Waals surface area contributed by atoms with Crippen molar-refractivity contribution < 1.29 is 4.79 Å². The molecule has 0 bridgehead atoms. The van der Waals surface area contributed by atoms with Gasteiger partial charge >= 0.3 is 0 Å². The van der Waals surface area contributed by atoms with Gasteiger partial charge in [0.25, 0.3) is 0 Å². The van der Waals surface area contributed by atoms with Crippen molar-refractivity contribution in [1.29, 1.82) is 0 Å². The third kappa shape index (κ3) is 4.78. The smallest absolute Gasteiger partial charge is 0.244 e. The van der Waals surface area contributed by atoms with Crippen molar-refractivity contribution in [2.75, 3.05) is 6.54 Å². The summed E-state index contributed by atoms with van der Waals surface area (Å²) in [5.41, 5.74) is 4.03. The molecule has 0 aliphatic heterocycles. The van der Waals surface area contributed by atoms with Crippen LogP contribution in [-0.4, -0.2) is 22.0 Å². The van der Waals surface area contributed by atoms with Crippen molar-refractivity contribution in [3.8, 4) is 0 Å². The molecule has 150 valence electrons. The molecule has 1 heterocycles. The normalized spacial score (nSPS) is 11.2.